The van der Waals surface area contributed by atoms with E-state index in [1.54, 1.807) is 12.1 Å². The van der Waals surface area contributed by atoms with Gasteiger partial charge in [0.2, 0.25) is 0 Å². The minimum atomic E-state index is -0.167. The van der Waals surface area contributed by atoms with Crippen molar-refractivity contribution < 1.29 is 4.39 Å². The molecule has 0 saturated heterocycles. The van der Waals surface area contributed by atoms with Crippen LogP contribution in [0.4, 0.5) is 4.39 Å². The molecule has 1 aromatic heterocycles. The summed E-state index contributed by atoms with van der Waals surface area (Å²) in [5.74, 6) is -0.167. The molecule has 1 heterocycles. The maximum Gasteiger partial charge on any atom is 0.123 e. The fourth-order valence-electron chi connectivity index (χ4n) is 2.35. The van der Waals surface area contributed by atoms with Gasteiger partial charge in [0.15, 0.2) is 0 Å². The minimum Gasteiger partial charge on any atom is -0.331 e. The molecule has 0 aliphatic rings. The Kier molecular flexibility index (Phi) is 3.83. The first-order valence-electron chi connectivity index (χ1n) is 6.57. The van der Waals surface area contributed by atoms with Gasteiger partial charge in [-0.25, -0.2) is 9.37 Å². The second-order valence-electron chi connectivity index (χ2n) is 4.80. The summed E-state index contributed by atoms with van der Waals surface area (Å²) in [7, 11) is 0. The Morgan fingerprint density at radius 3 is 2.90 bits per heavy atom. The number of rotatable bonds is 4. The van der Waals surface area contributed by atoms with Gasteiger partial charge in [0, 0.05) is 11.0 Å². The molecule has 0 aliphatic heterocycles. The summed E-state index contributed by atoms with van der Waals surface area (Å²) in [6, 6.07) is 12.9. The monoisotopic (exact) mass is 332 g/mol. The SMILES string of the molecule is Fc1cccc(CCCn2cnc3ccc(Br)cc32)c1. The number of nitrogens with zero attached hydrogens (tertiary/aromatic N) is 2. The zero-order valence-corrected chi connectivity index (χ0v) is 12.5. The molecule has 0 amide bonds. The Bertz CT molecular complexity index is 736. The molecule has 0 atom stereocenters. The van der Waals surface area contributed by atoms with Crippen LogP contribution in [0.15, 0.2) is 53.3 Å². The predicted molar refractivity (Wildman–Crippen MR) is 82.2 cm³/mol. The van der Waals surface area contributed by atoms with Crippen molar-refractivity contribution in [2.75, 3.05) is 0 Å². The average molecular weight is 333 g/mol. The van der Waals surface area contributed by atoms with Gasteiger partial charge in [0.1, 0.15) is 5.82 Å². The molecular weight excluding hydrogens is 319 g/mol. The van der Waals surface area contributed by atoms with E-state index in [2.05, 4.69) is 31.5 Å². The summed E-state index contributed by atoms with van der Waals surface area (Å²) in [6.45, 7) is 0.878. The van der Waals surface area contributed by atoms with Crippen LogP contribution in [-0.2, 0) is 13.0 Å². The van der Waals surface area contributed by atoms with Gasteiger partial charge in [-0.1, -0.05) is 28.1 Å². The first kappa shape index (κ1) is 13.3. The summed E-state index contributed by atoms with van der Waals surface area (Å²) in [6.07, 6.45) is 3.69. The van der Waals surface area contributed by atoms with Gasteiger partial charge in [0.25, 0.3) is 0 Å². The van der Waals surface area contributed by atoms with E-state index in [-0.39, 0.29) is 5.82 Å². The predicted octanol–water partition coefficient (Wildman–Crippen LogP) is 4.57. The number of imidazole rings is 1. The molecule has 0 aliphatic carbocycles. The molecule has 3 aromatic rings. The molecule has 2 aromatic carbocycles. The van der Waals surface area contributed by atoms with Crippen molar-refractivity contribution in [3.05, 3.63) is 64.6 Å². The first-order valence-corrected chi connectivity index (χ1v) is 7.36. The van der Waals surface area contributed by atoms with Crippen molar-refractivity contribution in [2.45, 2.75) is 19.4 Å². The summed E-state index contributed by atoms with van der Waals surface area (Å²) in [5, 5.41) is 0. The zero-order valence-electron chi connectivity index (χ0n) is 10.9. The quantitative estimate of drug-likeness (QED) is 0.684. The topological polar surface area (TPSA) is 17.8 Å². The van der Waals surface area contributed by atoms with Crippen LogP contribution in [0.3, 0.4) is 0 Å². The van der Waals surface area contributed by atoms with Crippen LogP contribution in [0.5, 0.6) is 0 Å². The summed E-state index contributed by atoms with van der Waals surface area (Å²) >= 11 is 3.48. The average Bonchev–Trinajstić information content (AvgIpc) is 2.82. The van der Waals surface area contributed by atoms with E-state index in [4.69, 9.17) is 0 Å². The van der Waals surface area contributed by atoms with Crippen molar-refractivity contribution in [2.24, 2.45) is 0 Å². The summed E-state index contributed by atoms with van der Waals surface area (Å²) in [4.78, 5) is 4.38. The Balaban J connectivity index is 1.69. The van der Waals surface area contributed by atoms with Gasteiger partial charge in [0.05, 0.1) is 17.4 Å². The number of hydrogen-bond donors (Lipinski definition) is 0. The van der Waals surface area contributed by atoms with E-state index < -0.39 is 0 Å². The Labute approximate surface area is 125 Å². The molecule has 3 rings (SSSR count). The third kappa shape index (κ3) is 2.90. The molecule has 0 spiro atoms. The highest BCUT2D eigenvalue weighted by molar-refractivity contribution is 9.10. The van der Waals surface area contributed by atoms with Gasteiger partial charge < -0.3 is 4.57 Å². The molecule has 0 saturated carbocycles. The van der Waals surface area contributed by atoms with Gasteiger partial charge in [-0.05, 0) is 48.7 Å². The fourth-order valence-corrected chi connectivity index (χ4v) is 2.70. The normalized spacial score (nSPS) is 11.1. The number of aromatic nitrogens is 2. The zero-order chi connectivity index (χ0) is 13.9. The lowest BCUT2D eigenvalue weighted by molar-refractivity contribution is 0.619. The van der Waals surface area contributed by atoms with Crippen LogP contribution in [0, 0.1) is 5.82 Å². The van der Waals surface area contributed by atoms with Gasteiger partial charge in [-0.15, -0.1) is 0 Å². The molecule has 0 bridgehead atoms. The highest BCUT2D eigenvalue weighted by atomic mass is 79.9. The Morgan fingerprint density at radius 2 is 2.05 bits per heavy atom. The van der Waals surface area contributed by atoms with E-state index in [9.17, 15) is 4.39 Å². The first-order chi connectivity index (χ1) is 9.72. The fraction of sp³-hybridized carbons (Fsp3) is 0.188. The van der Waals surface area contributed by atoms with Crippen LogP contribution in [0.2, 0.25) is 0 Å². The van der Waals surface area contributed by atoms with Crippen LogP contribution < -0.4 is 0 Å². The van der Waals surface area contributed by atoms with E-state index in [0.29, 0.717) is 0 Å². The highest BCUT2D eigenvalue weighted by Gasteiger charge is 2.03. The van der Waals surface area contributed by atoms with Gasteiger partial charge in [-0.2, -0.15) is 0 Å². The maximum absolute atomic E-state index is 13.1. The molecule has 2 nitrogen and oxygen atoms in total. The summed E-state index contributed by atoms with van der Waals surface area (Å²) in [5.41, 5.74) is 3.16. The standard InChI is InChI=1S/C16H14BrFN2/c17-13-6-7-15-16(10-13)20(11-19-15)8-2-4-12-3-1-5-14(18)9-12/h1,3,5-7,9-11H,2,4,8H2. The van der Waals surface area contributed by atoms with Crippen molar-refractivity contribution in [3.8, 4) is 0 Å². The summed E-state index contributed by atoms with van der Waals surface area (Å²) < 4.78 is 16.3. The van der Waals surface area contributed by atoms with E-state index in [1.807, 2.05) is 24.5 Å². The van der Waals surface area contributed by atoms with Crippen molar-refractivity contribution >= 4 is 27.0 Å². The van der Waals surface area contributed by atoms with Crippen molar-refractivity contribution in [1.82, 2.24) is 9.55 Å². The number of fused-ring (bicyclic) bond motifs is 1. The highest BCUT2D eigenvalue weighted by Crippen LogP contribution is 2.19. The molecule has 102 valence electrons. The van der Waals surface area contributed by atoms with Crippen LogP contribution in [0.1, 0.15) is 12.0 Å². The second-order valence-corrected chi connectivity index (χ2v) is 5.72. The number of aryl methyl sites for hydroxylation is 2. The lowest BCUT2D eigenvalue weighted by Crippen LogP contribution is -1.98. The number of benzene rings is 2. The molecule has 4 heteroatoms. The number of halogens is 2. The van der Waals surface area contributed by atoms with Crippen molar-refractivity contribution in [3.63, 3.8) is 0 Å². The maximum atomic E-state index is 13.1. The molecular formula is C16H14BrFN2. The lowest BCUT2D eigenvalue weighted by Gasteiger charge is -2.05. The van der Waals surface area contributed by atoms with Crippen LogP contribution in [0.25, 0.3) is 11.0 Å². The Hall–Kier alpha value is -1.68. The molecule has 0 radical (unpaired) electrons. The molecule has 0 unspecified atom stereocenters. The second kappa shape index (κ2) is 5.75. The Morgan fingerprint density at radius 1 is 1.15 bits per heavy atom. The van der Waals surface area contributed by atoms with Crippen LogP contribution >= 0.6 is 15.9 Å². The van der Waals surface area contributed by atoms with Gasteiger partial charge >= 0.3 is 0 Å². The van der Waals surface area contributed by atoms with E-state index >= 15 is 0 Å². The van der Waals surface area contributed by atoms with Crippen LogP contribution in [-0.4, -0.2) is 9.55 Å². The van der Waals surface area contributed by atoms with E-state index in [1.165, 1.54) is 6.07 Å². The minimum absolute atomic E-state index is 0.167. The third-order valence-corrected chi connectivity index (χ3v) is 3.83. The third-order valence-electron chi connectivity index (χ3n) is 3.34. The molecule has 20 heavy (non-hydrogen) atoms. The lowest BCUT2D eigenvalue weighted by atomic mass is 10.1. The number of hydrogen-bond acceptors (Lipinski definition) is 1. The largest absolute Gasteiger partial charge is 0.331 e. The molecule has 0 fully saturated rings. The van der Waals surface area contributed by atoms with Crippen molar-refractivity contribution in [1.29, 1.82) is 0 Å². The van der Waals surface area contributed by atoms with E-state index in [0.717, 1.165) is 40.5 Å². The van der Waals surface area contributed by atoms with Gasteiger partial charge in [-0.3, -0.25) is 0 Å². The smallest absolute Gasteiger partial charge is 0.123 e. The molecule has 0 N–H and O–H groups in total.